The van der Waals surface area contributed by atoms with Gasteiger partial charge in [-0.05, 0) is 44.5 Å². The Morgan fingerprint density at radius 2 is 1.83 bits per heavy atom. The van der Waals surface area contributed by atoms with Crippen LogP contribution in [0, 0.1) is 5.82 Å². The van der Waals surface area contributed by atoms with E-state index < -0.39 is 0 Å². The lowest BCUT2D eigenvalue weighted by atomic mass is 10.1. The standard InChI is InChI=1S/C17H26FN3O2/c1-4-19-16(22)12-21(5-2)13(3)17(23)20-11-10-14-6-8-15(18)9-7-14/h6-9,13H,4-5,10-12H2,1-3H3,(H,19,22)(H,20,23)/t13-/m0/s1. The van der Waals surface area contributed by atoms with Gasteiger partial charge in [-0.1, -0.05) is 19.1 Å². The molecule has 0 aliphatic carbocycles. The second-order valence-electron chi connectivity index (χ2n) is 5.36. The van der Waals surface area contributed by atoms with E-state index in [1.54, 1.807) is 19.1 Å². The Morgan fingerprint density at radius 3 is 2.39 bits per heavy atom. The number of rotatable bonds is 9. The molecule has 2 amide bonds. The number of hydrogen-bond donors (Lipinski definition) is 2. The first-order valence-electron chi connectivity index (χ1n) is 8.00. The van der Waals surface area contributed by atoms with Gasteiger partial charge in [-0.3, -0.25) is 14.5 Å². The highest BCUT2D eigenvalue weighted by molar-refractivity contribution is 5.83. The molecule has 0 spiro atoms. The van der Waals surface area contributed by atoms with Crippen LogP contribution in [-0.2, 0) is 16.0 Å². The van der Waals surface area contributed by atoms with Crippen LogP contribution in [0.25, 0.3) is 0 Å². The number of benzene rings is 1. The smallest absolute Gasteiger partial charge is 0.237 e. The van der Waals surface area contributed by atoms with E-state index in [1.807, 2.05) is 18.7 Å². The summed E-state index contributed by atoms with van der Waals surface area (Å²) in [6.45, 7) is 7.44. The predicted octanol–water partition coefficient (Wildman–Crippen LogP) is 1.33. The number of carbonyl (C=O) groups is 2. The van der Waals surface area contributed by atoms with E-state index in [1.165, 1.54) is 12.1 Å². The van der Waals surface area contributed by atoms with Crippen molar-refractivity contribution in [3.63, 3.8) is 0 Å². The fourth-order valence-electron chi connectivity index (χ4n) is 2.25. The molecule has 1 aromatic carbocycles. The summed E-state index contributed by atoms with van der Waals surface area (Å²) in [5, 5.41) is 5.59. The second-order valence-corrected chi connectivity index (χ2v) is 5.36. The SMILES string of the molecule is CCNC(=O)CN(CC)[C@@H](C)C(=O)NCCc1ccc(F)cc1. The summed E-state index contributed by atoms with van der Waals surface area (Å²) in [7, 11) is 0. The maximum absolute atomic E-state index is 12.8. The molecular weight excluding hydrogens is 297 g/mol. The summed E-state index contributed by atoms with van der Waals surface area (Å²) in [6, 6.07) is 5.85. The topological polar surface area (TPSA) is 61.4 Å². The van der Waals surface area contributed by atoms with Gasteiger partial charge in [0.15, 0.2) is 0 Å². The summed E-state index contributed by atoms with van der Waals surface area (Å²) in [5.74, 6) is -0.464. The zero-order valence-electron chi connectivity index (χ0n) is 14.1. The van der Waals surface area contributed by atoms with E-state index in [2.05, 4.69) is 10.6 Å². The number of nitrogens with zero attached hydrogens (tertiary/aromatic N) is 1. The third-order valence-electron chi connectivity index (χ3n) is 3.68. The van der Waals surface area contributed by atoms with Crippen molar-refractivity contribution < 1.29 is 14.0 Å². The Labute approximate surface area is 137 Å². The molecule has 2 N–H and O–H groups in total. The molecule has 1 aromatic rings. The molecule has 0 radical (unpaired) electrons. The van der Waals surface area contributed by atoms with Crippen molar-refractivity contribution in [2.24, 2.45) is 0 Å². The molecular formula is C17H26FN3O2. The van der Waals surface area contributed by atoms with Crippen molar-refractivity contribution in [1.29, 1.82) is 0 Å². The summed E-state index contributed by atoms with van der Waals surface area (Å²) in [6.07, 6.45) is 0.640. The van der Waals surface area contributed by atoms with E-state index >= 15 is 0 Å². The normalized spacial score (nSPS) is 12.0. The molecule has 5 nitrogen and oxygen atoms in total. The number of nitrogens with one attached hydrogen (secondary N) is 2. The molecule has 0 heterocycles. The predicted molar refractivity (Wildman–Crippen MR) is 88.5 cm³/mol. The summed E-state index contributed by atoms with van der Waals surface area (Å²) < 4.78 is 12.8. The van der Waals surface area contributed by atoms with Crippen LogP contribution in [-0.4, -0.2) is 48.9 Å². The van der Waals surface area contributed by atoms with Crippen LogP contribution < -0.4 is 10.6 Å². The summed E-state index contributed by atoms with van der Waals surface area (Å²) in [4.78, 5) is 25.7. The molecule has 0 saturated carbocycles. The Kier molecular flexibility index (Phi) is 8.26. The van der Waals surface area contributed by atoms with Crippen molar-refractivity contribution in [1.82, 2.24) is 15.5 Å². The highest BCUT2D eigenvalue weighted by atomic mass is 19.1. The van der Waals surface area contributed by atoms with Crippen molar-refractivity contribution in [2.45, 2.75) is 33.2 Å². The molecule has 0 unspecified atom stereocenters. The van der Waals surface area contributed by atoms with Crippen LogP contribution >= 0.6 is 0 Å². The Hall–Kier alpha value is -1.95. The highest BCUT2D eigenvalue weighted by Crippen LogP contribution is 2.03. The zero-order valence-corrected chi connectivity index (χ0v) is 14.1. The maximum atomic E-state index is 12.8. The molecule has 0 aliphatic heterocycles. The third kappa shape index (κ3) is 6.78. The first kappa shape index (κ1) is 19.1. The number of halogens is 1. The number of hydrogen-bond acceptors (Lipinski definition) is 3. The van der Waals surface area contributed by atoms with Crippen molar-refractivity contribution in [2.75, 3.05) is 26.2 Å². The molecule has 1 atom stereocenters. The average molecular weight is 323 g/mol. The molecule has 1 rings (SSSR count). The van der Waals surface area contributed by atoms with E-state index in [0.717, 1.165) is 5.56 Å². The summed E-state index contributed by atoms with van der Waals surface area (Å²) in [5.41, 5.74) is 0.967. The van der Waals surface area contributed by atoms with Crippen LogP contribution in [0.5, 0.6) is 0 Å². The van der Waals surface area contributed by atoms with E-state index in [0.29, 0.717) is 26.1 Å². The van der Waals surface area contributed by atoms with Gasteiger partial charge in [-0.25, -0.2) is 4.39 Å². The van der Waals surface area contributed by atoms with Gasteiger partial charge in [0.25, 0.3) is 0 Å². The van der Waals surface area contributed by atoms with E-state index in [9.17, 15) is 14.0 Å². The van der Waals surface area contributed by atoms with Gasteiger partial charge in [-0.2, -0.15) is 0 Å². The lowest BCUT2D eigenvalue weighted by Crippen LogP contribution is -2.49. The van der Waals surface area contributed by atoms with E-state index in [-0.39, 0.29) is 30.2 Å². The fraction of sp³-hybridized carbons (Fsp3) is 0.529. The molecule has 0 fully saturated rings. The lowest BCUT2D eigenvalue weighted by Gasteiger charge is -2.26. The number of amides is 2. The van der Waals surface area contributed by atoms with Gasteiger partial charge in [0.2, 0.25) is 11.8 Å². The minimum atomic E-state index is -0.379. The number of likely N-dealkylation sites (N-methyl/N-ethyl adjacent to an activating group) is 2. The van der Waals surface area contributed by atoms with Crippen LogP contribution in [0.3, 0.4) is 0 Å². The minimum absolute atomic E-state index is 0.0830. The second kappa shape index (κ2) is 9.94. The van der Waals surface area contributed by atoms with Crippen molar-refractivity contribution >= 4 is 11.8 Å². The van der Waals surface area contributed by atoms with Crippen LogP contribution in [0.4, 0.5) is 4.39 Å². The van der Waals surface area contributed by atoms with Crippen LogP contribution in [0.1, 0.15) is 26.3 Å². The Balaban J connectivity index is 2.42. The van der Waals surface area contributed by atoms with Gasteiger partial charge >= 0.3 is 0 Å². The van der Waals surface area contributed by atoms with Gasteiger partial charge < -0.3 is 10.6 Å². The minimum Gasteiger partial charge on any atom is -0.355 e. The Morgan fingerprint density at radius 1 is 1.17 bits per heavy atom. The molecule has 0 aliphatic rings. The lowest BCUT2D eigenvalue weighted by molar-refractivity contribution is -0.128. The van der Waals surface area contributed by atoms with Gasteiger partial charge in [-0.15, -0.1) is 0 Å². The maximum Gasteiger partial charge on any atom is 0.237 e. The first-order chi connectivity index (χ1) is 11.0. The third-order valence-corrected chi connectivity index (χ3v) is 3.68. The molecule has 0 aromatic heterocycles. The molecule has 6 heteroatoms. The average Bonchev–Trinajstić information content (AvgIpc) is 2.54. The number of carbonyl (C=O) groups excluding carboxylic acids is 2. The largest absolute Gasteiger partial charge is 0.355 e. The molecule has 0 bridgehead atoms. The first-order valence-corrected chi connectivity index (χ1v) is 8.00. The molecule has 128 valence electrons. The van der Waals surface area contributed by atoms with Crippen LogP contribution in [0.2, 0.25) is 0 Å². The van der Waals surface area contributed by atoms with Crippen molar-refractivity contribution in [3.05, 3.63) is 35.6 Å². The Bertz CT molecular complexity index is 505. The van der Waals surface area contributed by atoms with Gasteiger partial charge in [0.1, 0.15) is 5.82 Å². The van der Waals surface area contributed by atoms with Crippen LogP contribution in [0.15, 0.2) is 24.3 Å². The zero-order chi connectivity index (χ0) is 17.2. The van der Waals surface area contributed by atoms with Gasteiger partial charge in [0.05, 0.1) is 12.6 Å². The van der Waals surface area contributed by atoms with Gasteiger partial charge in [0, 0.05) is 13.1 Å². The highest BCUT2D eigenvalue weighted by Gasteiger charge is 2.21. The quantitative estimate of drug-likeness (QED) is 0.721. The van der Waals surface area contributed by atoms with E-state index in [4.69, 9.17) is 0 Å². The fourth-order valence-corrected chi connectivity index (χ4v) is 2.25. The monoisotopic (exact) mass is 323 g/mol. The molecule has 23 heavy (non-hydrogen) atoms. The molecule has 0 saturated heterocycles. The summed E-state index contributed by atoms with van der Waals surface area (Å²) >= 11 is 0. The van der Waals surface area contributed by atoms with Crippen molar-refractivity contribution in [3.8, 4) is 0 Å².